The number of aldehydes is 1. The summed E-state index contributed by atoms with van der Waals surface area (Å²) in [5.74, 6) is 0. The lowest BCUT2D eigenvalue weighted by Gasteiger charge is -1.97. The second kappa shape index (κ2) is 6.92. The molecule has 1 aromatic carbocycles. The average molecular weight is 206 g/mol. The SMILES string of the molecule is CCOOC/C=C/c1cccc(C=O)c1. The molecule has 0 saturated carbocycles. The van der Waals surface area contributed by atoms with Crippen molar-refractivity contribution in [1.29, 1.82) is 0 Å². The maximum atomic E-state index is 10.5. The molecule has 0 unspecified atom stereocenters. The Balaban J connectivity index is 2.45. The summed E-state index contributed by atoms with van der Waals surface area (Å²) in [6, 6.07) is 7.34. The van der Waals surface area contributed by atoms with Crippen molar-refractivity contribution in [2.75, 3.05) is 13.2 Å². The normalized spacial score (nSPS) is 10.7. The smallest absolute Gasteiger partial charge is 0.150 e. The largest absolute Gasteiger partial charge is 0.298 e. The number of carbonyl (C=O) groups excluding carboxylic acids is 1. The van der Waals surface area contributed by atoms with Crippen molar-refractivity contribution in [1.82, 2.24) is 0 Å². The molecule has 0 radical (unpaired) electrons. The van der Waals surface area contributed by atoms with Crippen molar-refractivity contribution >= 4 is 12.4 Å². The van der Waals surface area contributed by atoms with Crippen LogP contribution >= 0.6 is 0 Å². The van der Waals surface area contributed by atoms with Gasteiger partial charge in [0.2, 0.25) is 0 Å². The van der Waals surface area contributed by atoms with Crippen LogP contribution in [0.4, 0.5) is 0 Å². The first-order chi connectivity index (χ1) is 7.36. The van der Waals surface area contributed by atoms with E-state index in [0.29, 0.717) is 18.8 Å². The molecule has 0 aliphatic heterocycles. The van der Waals surface area contributed by atoms with Crippen LogP contribution < -0.4 is 0 Å². The number of carbonyl (C=O) groups is 1. The maximum absolute atomic E-state index is 10.5. The quantitative estimate of drug-likeness (QED) is 0.310. The zero-order chi connectivity index (χ0) is 10.9. The number of hydrogen-bond donors (Lipinski definition) is 0. The van der Waals surface area contributed by atoms with Crippen LogP contribution in [0.5, 0.6) is 0 Å². The Morgan fingerprint density at radius 3 is 2.80 bits per heavy atom. The minimum atomic E-state index is 0.402. The first kappa shape index (κ1) is 11.6. The van der Waals surface area contributed by atoms with Crippen LogP contribution in [0.1, 0.15) is 22.8 Å². The summed E-state index contributed by atoms with van der Waals surface area (Å²) in [6.07, 6.45) is 4.54. The number of benzene rings is 1. The Morgan fingerprint density at radius 1 is 1.27 bits per heavy atom. The molecule has 0 amide bonds. The van der Waals surface area contributed by atoms with E-state index in [-0.39, 0.29) is 0 Å². The Hall–Kier alpha value is -1.45. The van der Waals surface area contributed by atoms with Crippen LogP contribution in [0.25, 0.3) is 6.08 Å². The molecular weight excluding hydrogens is 192 g/mol. The first-order valence-electron chi connectivity index (χ1n) is 4.83. The number of hydrogen-bond acceptors (Lipinski definition) is 3. The van der Waals surface area contributed by atoms with E-state index in [2.05, 4.69) is 0 Å². The van der Waals surface area contributed by atoms with Gasteiger partial charge in [0.05, 0.1) is 6.61 Å². The summed E-state index contributed by atoms with van der Waals surface area (Å²) in [5, 5.41) is 0. The highest BCUT2D eigenvalue weighted by Gasteiger charge is 1.90. The van der Waals surface area contributed by atoms with Gasteiger partial charge >= 0.3 is 0 Å². The molecule has 3 heteroatoms. The van der Waals surface area contributed by atoms with Gasteiger partial charge in [-0.1, -0.05) is 30.4 Å². The van der Waals surface area contributed by atoms with Crippen molar-refractivity contribution in [3.05, 3.63) is 41.5 Å². The highest BCUT2D eigenvalue weighted by atomic mass is 17.2. The zero-order valence-electron chi connectivity index (χ0n) is 8.68. The van der Waals surface area contributed by atoms with Gasteiger partial charge in [0.25, 0.3) is 0 Å². The highest BCUT2D eigenvalue weighted by Crippen LogP contribution is 2.05. The first-order valence-corrected chi connectivity index (χ1v) is 4.83. The Morgan fingerprint density at radius 2 is 2.07 bits per heavy atom. The van der Waals surface area contributed by atoms with E-state index < -0.39 is 0 Å². The monoisotopic (exact) mass is 206 g/mol. The van der Waals surface area contributed by atoms with Gasteiger partial charge in [0, 0.05) is 5.56 Å². The van der Waals surface area contributed by atoms with Gasteiger partial charge in [-0.15, -0.1) is 0 Å². The molecule has 15 heavy (non-hydrogen) atoms. The van der Waals surface area contributed by atoms with Crippen LogP contribution in [0.15, 0.2) is 30.3 Å². The zero-order valence-corrected chi connectivity index (χ0v) is 8.68. The minimum absolute atomic E-state index is 0.402. The van der Waals surface area contributed by atoms with Crippen LogP contribution in [-0.4, -0.2) is 19.5 Å². The molecule has 0 atom stereocenters. The Bertz CT molecular complexity index is 331. The standard InChI is InChI=1S/C12H14O3/c1-2-14-15-8-4-7-11-5-3-6-12(9-11)10-13/h3-7,9-10H,2,8H2,1H3/b7-4+. The molecule has 1 aromatic rings. The Kier molecular flexibility index (Phi) is 5.37. The third-order valence-electron chi connectivity index (χ3n) is 1.72. The van der Waals surface area contributed by atoms with Crippen LogP contribution in [0, 0.1) is 0 Å². The maximum Gasteiger partial charge on any atom is 0.150 e. The van der Waals surface area contributed by atoms with Gasteiger partial charge < -0.3 is 0 Å². The summed E-state index contributed by atoms with van der Waals surface area (Å²) < 4.78 is 0. The molecule has 80 valence electrons. The summed E-state index contributed by atoms with van der Waals surface area (Å²) in [7, 11) is 0. The third-order valence-corrected chi connectivity index (χ3v) is 1.72. The van der Waals surface area contributed by atoms with Gasteiger partial charge in [-0.3, -0.25) is 4.79 Å². The van der Waals surface area contributed by atoms with E-state index in [9.17, 15) is 4.79 Å². The second-order valence-electron chi connectivity index (χ2n) is 2.88. The summed E-state index contributed by atoms with van der Waals surface area (Å²) in [5.41, 5.74) is 1.64. The van der Waals surface area contributed by atoms with E-state index in [4.69, 9.17) is 9.78 Å². The third kappa shape index (κ3) is 4.54. The minimum Gasteiger partial charge on any atom is -0.298 e. The van der Waals surface area contributed by atoms with Gasteiger partial charge in [0.1, 0.15) is 12.9 Å². The van der Waals surface area contributed by atoms with Gasteiger partial charge in [-0.25, -0.2) is 9.78 Å². The van der Waals surface area contributed by atoms with Crippen LogP contribution in [0.2, 0.25) is 0 Å². The highest BCUT2D eigenvalue weighted by molar-refractivity contribution is 5.76. The molecule has 0 bridgehead atoms. The van der Waals surface area contributed by atoms with E-state index in [1.165, 1.54) is 0 Å². The van der Waals surface area contributed by atoms with E-state index >= 15 is 0 Å². The van der Waals surface area contributed by atoms with Gasteiger partial charge in [-0.2, -0.15) is 0 Å². The summed E-state index contributed by atoms with van der Waals surface area (Å²) in [4.78, 5) is 20.0. The van der Waals surface area contributed by atoms with Crippen molar-refractivity contribution in [3.63, 3.8) is 0 Å². The molecule has 0 aliphatic carbocycles. The molecule has 0 aromatic heterocycles. The van der Waals surface area contributed by atoms with Crippen molar-refractivity contribution in [2.45, 2.75) is 6.92 Å². The lowest BCUT2D eigenvalue weighted by molar-refractivity contribution is -0.282. The van der Waals surface area contributed by atoms with E-state index in [0.717, 1.165) is 11.8 Å². The van der Waals surface area contributed by atoms with Crippen molar-refractivity contribution in [2.24, 2.45) is 0 Å². The van der Waals surface area contributed by atoms with Crippen LogP contribution in [-0.2, 0) is 9.78 Å². The van der Waals surface area contributed by atoms with Crippen LogP contribution in [0.3, 0.4) is 0 Å². The second-order valence-corrected chi connectivity index (χ2v) is 2.88. The Labute approximate surface area is 89.2 Å². The lowest BCUT2D eigenvalue weighted by Crippen LogP contribution is -1.92. The average Bonchev–Trinajstić information content (AvgIpc) is 2.29. The fourth-order valence-corrected chi connectivity index (χ4v) is 1.09. The molecule has 3 nitrogen and oxygen atoms in total. The van der Waals surface area contributed by atoms with Crippen molar-refractivity contribution < 1.29 is 14.6 Å². The lowest BCUT2D eigenvalue weighted by atomic mass is 10.1. The van der Waals surface area contributed by atoms with Crippen molar-refractivity contribution in [3.8, 4) is 0 Å². The van der Waals surface area contributed by atoms with Gasteiger partial charge in [-0.05, 0) is 18.6 Å². The fraction of sp³-hybridized carbons (Fsp3) is 0.250. The molecular formula is C12H14O3. The molecule has 0 fully saturated rings. The molecule has 0 heterocycles. The molecule has 0 spiro atoms. The topological polar surface area (TPSA) is 35.5 Å². The number of rotatable bonds is 6. The van der Waals surface area contributed by atoms with E-state index in [1.807, 2.05) is 37.3 Å². The molecule has 0 saturated heterocycles. The predicted molar refractivity (Wildman–Crippen MR) is 58.4 cm³/mol. The summed E-state index contributed by atoms with van der Waals surface area (Å²) >= 11 is 0. The van der Waals surface area contributed by atoms with E-state index in [1.54, 1.807) is 6.07 Å². The molecule has 0 aliphatic rings. The van der Waals surface area contributed by atoms with Gasteiger partial charge in [0.15, 0.2) is 0 Å². The molecule has 1 rings (SSSR count). The fourth-order valence-electron chi connectivity index (χ4n) is 1.09. The predicted octanol–water partition coefficient (Wildman–Crippen LogP) is 2.48. The molecule has 0 N–H and O–H groups in total. The summed E-state index contributed by atoms with van der Waals surface area (Å²) in [6.45, 7) is 2.80.